The Morgan fingerprint density at radius 3 is 2.92 bits per heavy atom. The van der Waals surface area contributed by atoms with Gasteiger partial charge in [0, 0.05) is 17.7 Å². The molecule has 1 aliphatic rings. The lowest BCUT2D eigenvalue weighted by molar-refractivity contribution is -0.384. The SMILES string of the molecule is CC1(C)CC(=NNC(=O)c2cccc([N+](=O)[O-])c2)c2sc(N)nc2C1. The van der Waals surface area contributed by atoms with E-state index in [0.717, 1.165) is 22.7 Å². The monoisotopic (exact) mass is 359 g/mol. The summed E-state index contributed by atoms with van der Waals surface area (Å²) in [5.74, 6) is -0.501. The van der Waals surface area contributed by atoms with E-state index in [9.17, 15) is 14.9 Å². The van der Waals surface area contributed by atoms with Crippen molar-refractivity contribution in [2.45, 2.75) is 26.7 Å². The molecule has 0 bridgehead atoms. The van der Waals surface area contributed by atoms with Crippen LogP contribution in [0.1, 0.15) is 41.2 Å². The molecule has 1 aromatic heterocycles. The van der Waals surface area contributed by atoms with Crippen molar-refractivity contribution in [2.24, 2.45) is 10.5 Å². The number of nitro groups is 1. The van der Waals surface area contributed by atoms with Crippen LogP contribution in [0.2, 0.25) is 0 Å². The smallest absolute Gasteiger partial charge is 0.271 e. The van der Waals surface area contributed by atoms with Crippen molar-refractivity contribution in [3.63, 3.8) is 0 Å². The Balaban J connectivity index is 1.85. The summed E-state index contributed by atoms with van der Waals surface area (Å²) in [5, 5.41) is 15.5. The molecular formula is C16H17N5O3S. The van der Waals surface area contributed by atoms with Gasteiger partial charge in [-0.05, 0) is 24.3 Å². The third-order valence-corrected chi connectivity index (χ3v) is 4.86. The topological polar surface area (TPSA) is 124 Å². The maximum absolute atomic E-state index is 12.3. The van der Waals surface area contributed by atoms with Gasteiger partial charge < -0.3 is 5.73 Å². The minimum absolute atomic E-state index is 0.0391. The fraction of sp³-hybridized carbons (Fsp3) is 0.312. The summed E-state index contributed by atoms with van der Waals surface area (Å²) < 4.78 is 0. The molecule has 8 nitrogen and oxygen atoms in total. The van der Waals surface area contributed by atoms with Gasteiger partial charge in [-0.3, -0.25) is 14.9 Å². The van der Waals surface area contributed by atoms with Crippen molar-refractivity contribution in [3.05, 3.63) is 50.5 Å². The third kappa shape index (κ3) is 3.66. The predicted octanol–water partition coefficient (Wildman–Crippen LogP) is 2.74. The van der Waals surface area contributed by atoms with E-state index in [1.165, 1.54) is 35.6 Å². The zero-order valence-electron chi connectivity index (χ0n) is 13.8. The number of rotatable bonds is 3. The lowest BCUT2D eigenvalue weighted by atomic mass is 9.78. The van der Waals surface area contributed by atoms with Gasteiger partial charge in [-0.2, -0.15) is 5.10 Å². The van der Waals surface area contributed by atoms with Gasteiger partial charge in [-0.25, -0.2) is 10.4 Å². The Bertz CT molecular complexity index is 888. The number of nitrogens with one attached hydrogen (secondary N) is 1. The van der Waals surface area contributed by atoms with Crippen LogP contribution in [0.15, 0.2) is 29.4 Å². The average molecular weight is 359 g/mol. The van der Waals surface area contributed by atoms with Crippen LogP contribution in [-0.2, 0) is 6.42 Å². The number of fused-ring (bicyclic) bond motifs is 1. The zero-order valence-corrected chi connectivity index (χ0v) is 14.6. The number of aromatic nitrogens is 1. The van der Waals surface area contributed by atoms with Crippen LogP contribution >= 0.6 is 11.3 Å². The number of nitrogens with two attached hydrogens (primary N) is 1. The van der Waals surface area contributed by atoms with E-state index < -0.39 is 10.8 Å². The second kappa shape index (κ2) is 6.25. The number of hydrogen-bond acceptors (Lipinski definition) is 7. The van der Waals surface area contributed by atoms with Crippen LogP contribution in [-0.4, -0.2) is 21.5 Å². The van der Waals surface area contributed by atoms with Crippen molar-refractivity contribution in [2.75, 3.05) is 5.73 Å². The molecule has 0 spiro atoms. The maximum Gasteiger partial charge on any atom is 0.271 e. The summed E-state index contributed by atoms with van der Waals surface area (Å²) in [7, 11) is 0. The van der Waals surface area contributed by atoms with Crippen molar-refractivity contribution in [3.8, 4) is 0 Å². The molecule has 0 saturated heterocycles. The van der Waals surface area contributed by atoms with E-state index in [4.69, 9.17) is 5.73 Å². The van der Waals surface area contributed by atoms with E-state index in [1.807, 2.05) is 0 Å². The highest BCUT2D eigenvalue weighted by Crippen LogP contribution is 2.37. The number of nitro benzene ring substituents is 1. The second-order valence-electron chi connectivity index (χ2n) is 6.65. The van der Waals surface area contributed by atoms with Crippen LogP contribution in [0.5, 0.6) is 0 Å². The Kier molecular flexibility index (Phi) is 4.25. The zero-order chi connectivity index (χ0) is 18.2. The molecule has 0 fully saturated rings. The van der Waals surface area contributed by atoms with Crippen molar-refractivity contribution < 1.29 is 9.72 Å². The maximum atomic E-state index is 12.3. The van der Waals surface area contributed by atoms with E-state index in [1.54, 1.807) is 0 Å². The van der Waals surface area contributed by atoms with Gasteiger partial charge >= 0.3 is 0 Å². The lowest BCUT2D eigenvalue weighted by Gasteiger charge is -2.29. The Hall–Kier alpha value is -2.81. The van der Waals surface area contributed by atoms with Crippen LogP contribution < -0.4 is 11.2 Å². The first-order chi connectivity index (χ1) is 11.7. The number of carbonyl (C=O) groups excluding carboxylic acids is 1. The molecule has 25 heavy (non-hydrogen) atoms. The largest absolute Gasteiger partial charge is 0.375 e. The molecule has 3 N–H and O–H groups in total. The Labute approximate surface area is 147 Å². The fourth-order valence-corrected chi connectivity index (χ4v) is 3.63. The first-order valence-electron chi connectivity index (χ1n) is 7.62. The molecule has 3 rings (SSSR count). The number of anilines is 1. The number of non-ortho nitro benzene ring substituents is 1. The number of hydrogen-bond donors (Lipinski definition) is 2. The van der Waals surface area contributed by atoms with Gasteiger partial charge in [0.15, 0.2) is 5.13 Å². The fourth-order valence-electron chi connectivity index (χ4n) is 2.80. The molecule has 130 valence electrons. The summed E-state index contributed by atoms with van der Waals surface area (Å²) in [4.78, 5) is 27.8. The van der Waals surface area contributed by atoms with Gasteiger partial charge in [-0.1, -0.05) is 31.3 Å². The number of thiazole rings is 1. The molecule has 1 amide bonds. The van der Waals surface area contributed by atoms with Gasteiger partial charge in [0.05, 0.1) is 21.2 Å². The summed E-state index contributed by atoms with van der Waals surface area (Å²) in [6, 6.07) is 5.52. The highest BCUT2D eigenvalue weighted by Gasteiger charge is 2.32. The first kappa shape index (κ1) is 17.0. The second-order valence-corrected chi connectivity index (χ2v) is 7.68. The van der Waals surface area contributed by atoms with E-state index in [-0.39, 0.29) is 16.7 Å². The molecule has 0 unspecified atom stereocenters. The molecular weight excluding hydrogens is 342 g/mol. The van der Waals surface area contributed by atoms with E-state index in [0.29, 0.717) is 11.6 Å². The molecule has 2 aromatic rings. The molecule has 1 aromatic carbocycles. The van der Waals surface area contributed by atoms with Crippen LogP contribution in [0.25, 0.3) is 0 Å². The Morgan fingerprint density at radius 2 is 2.20 bits per heavy atom. The van der Waals surface area contributed by atoms with Crippen molar-refractivity contribution in [1.82, 2.24) is 10.4 Å². The summed E-state index contributed by atoms with van der Waals surface area (Å²) in [6.45, 7) is 4.20. The number of hydrazone groups is 1. The summed E-state index contributed by atoms with van der Waals surface area (Å²) in [6.07, 6.45) is 1.48. The molecule has 9 heteroatoms. The molecule has 1 aliphatic carbocycles. The lowest BCUT2D eigenvalue weighted by Crippen LogP contribution is -2.29. The van der Waals surface area contributed by atoms with Crippen LogP contribution in [0.4, 0.5) is 10.8 Å². The van der Waals surface area contributed by atoms with Gasteiger partial charge in [0.1, 0.15) is 0 Å². The number of amides is 1. The molecule has 0 saturated carbocycles. The number of nitrogens with zero attached hydrogens (tertiary/aromatic N) is 3. The molecule has 1 heterocycles. The third-order valence-electron chi connectivity index (χ3n) is 3.88. The minimum atomic E-state index is -0.543. The first-order valence-corrected chi connectivity index (χ1v) is 8.44. The highest BCUT2D eigenvalue weighted by molar-refractivity contribution is 7.17. The number of nitrogen functional groups attached to an aromatic ring is 1. The quantitative estimate of drug-likeness (QED) is 0.644. The van der Waals surface area contributed by atoms with Gasteiger partial charge in [-0.15, -0.1) is 0 Å². The normalized spacial score (nSPS) is 17.1. The van der Waals surface area contributed by atoms with Gasteiger partial charge in [0.2, 0.25) is 0 Å². The summed E-state index contributed by atoms with van der Waals surface area (Å²) >= 11 is 1.35. The minimum Gasteiger partial charge on any atom is -0.375 e. The van der Waals surface area contributed by atoms with Crippen LogP contribution in [0.3, 0.4) is 0 Å². The van der Waals surface area contributed by atoms with Crippen LogP contribution in [0, 0.1) is 15.5 Å². The molecule has 0 radical (unpaired) electrons. The molecule has 0 atom stereocenters. The standard InChI is InChI=1S/C16H17N5O3S/c1-16(2)7-11-13(25-15(17)18-11)12(8-16)19-20-14(22)9-4-3-5-10(6-9)21(23)24/h3-6H,7-8H2,1-2H3,(H2,17,18)(H,20,22). The van der Waals surface area contributed by atoms with Gasteiger partial charge in [0.25, 0.3) is 11.6 Å². The average Bonchev–Trinajstić information content (AvgIpc) is 2.91. The van der Waals surface area contributed by atoms with E-state index in [2.05, 4.69) is 29.4 Å². The number of carbonyl (C=O) groups is 1. The number of benzene rings is 1. The van der Waals surface area contributed by atoms with E-state index >= 15 is 0 Å². The summed E-state index contributed by atoms with van der Waals surface area (Å²) in [5.41, 5.74) is 9.90. The Morgan fingerprint density at radius 1 is 1.44 bits per heavy atom. The highest BCUT2D eigenvalue weighted by atomic mass is 32.1. The van der Waals surface area contributed by atoms with Crippen molar-refractivity contribution >= 4 is 33.8 Å². The molecule has 0 aliphatic heterocycles. The predicted molar refractivity (Wildman–Crippen MR) is 95.7 cm³/mol. The van der Waals surface area contributed by atoms with Crippen molar-refractivity contribution in [1.29, 1.82) is 0 Å².